The van der Waals surface area contributed by atoms with Crippen LogP contribution in [-0.2, 0) is 16.0 Å². The fourth-order valence-corrected chi connectivity index (χ4v) is 2.45. The SMILES string of the molecule is CCCC(=O)NCC(Cc1ccc2ccccc2c1)C(=O)O. The van der Waals surface area contributed by atoms with Crippen LogP contribution in [0.1, 0.15) is 25.3 Å². The summed E-state index contributed by atoms with van der Waals surface area (Å²) in [4.78, 5) is 22.9. The summed E-state index contributed by atoms with van der Waals surface area (Å²) in [5.74, 6) is -1.58. The molecule has 0 spiro atoms. The zero-order valence-electron chi connectivity index (χ0n) is 12.7. The van der Waals surface area contributed by atoms with Crippen molar-refractivity contribution < 1.29 is 14.7 Å². The highest BCUT2D eigenvalue weighted by atomic mass is 16.4. The van der Waals surface area contributed by atoms with Gasteiger partial charge in [-0.05, 0) is 29.2 Å². The van der Waals surface area contributed by atoms with E-state index in [1.165, 1.54) is 0 Å². The minimum atomic E-state index is -0.884. The third-order valence-electron chi connectivity index (χ3n) is 3.67. The number of aliphatic carboxylic acids is 1. The molecule has 116 valence electrons. The van der Waals surface area contributed by atoms with Crippen molar-refractivity contribution >= 4 is 22.6 Å². The summed E-state index contributed by atoms with van der Waals surface area (Å²) in [6.07, 6.45) is 1.60. The third-order valence-corrected chi connectivity index (χ3v) is 3.67. The van der Waals surface area contributed by atoms with Gasteiger partial charge < -0.3 is 10.4 Å². The van der Waals surface area contributed by atoms with Gasteiger partial charge in [-0.2, -0.15) is 0 Å². The third kappa shape index (κ3) is 4.32. The number of amides is 1. The largest absolute Gasteiger partial charge is 0.481 e. The molecule has 0 fully saturated rings. The number of fused-ring (bicyclic) bond motifs is 1. The molecule has 1 unspecified atom stereocenters. The zero-order chi connectivity index (χ0) is 15.9. The van der Waals surface area contributed by atoms with Crippen LogP contribution in [0.2, 0.25) is 0 Å². The van der Waals surface area contributed by atoms with Crippen LogP contribution >= 0.6 is 0 Å². The maximum Gasteiger partial charge on any atom is 0.308 e. The Morgan fingerprint density at radius 1 is 1.14 bits per heavy atom. The molecule has 4 nitrogen and oxygen atoms in total. The van der Waals surface area contributed by atoms with Crippen LogP contribution < -0.4 is 5.32 Å². The number of carbonyl (C=O) groups excluding carboxylic acids is 1. The molecule has 0 radical (unpaired) electrons. The predicted octanol–water partition coefficient (Wildman–Crippen LogP) is 3.00. The Kier molecular flexibility index (Phi) is 5.53. The number of rotatable bonds is 7. The summed E-state index contributed by atoms with van der Waals surface area (Å²) in [6.45, 7) is 2.09. The fourth-order valence-electron chi connectivity index (χ4n) is 2.45. The van der Waals surface area contributed by atoms with Crippen LogP contribution in [0.15, 0.2) is 42.5 Å². The summed E-state index contributed by atoms with van der Waals surface area (Å²) < 4.78 is 0. The Hall–Kier alpha value is -2.36. The van der Waals surface area contributed by atoms with Crippen LogP contribution in [0.25, 0.3) is 10.8 Å². The molecule has 2 aromatic rings. The van der Waals surface area contributed by atoms with Gasteiger partial charge in [0.15, 0.2) is 0 Å². The quantitative estimate of drug-likeness (QED) is 0.826. The lowest BCUT2D eigenvalue weighted by molar-refractivity contribution is -0.141. The average Bonchev–Trinajstić information content (AvgIpc) is 2.51. The number of carbonyl (C=O) groups is 2. The van der Waals surface area contributed by atoms with E-state index in [-0.39, 0.29) is 12.5 Å². The van der Waals surface area contributed by atoms with Crippen LogP contribution in [0.3, 0.4) is 0 Å². The van der Waals surface area contributed by atoms with Gasteiger partial charge in [0.2, 0.25) is 5.91 Å². The first kappa shape index (κ1) is 16.0. The Balaban J connectivity index is 2.05. The van der Waals surface area contributed by atoms with Gasteiger partial charge in [-0.3, -0.25) is 9.59 Å². The molecule has 1 amide bonds. The summed E-state index contributed by atoms with van der Waals surface area (Å²) in [7, 11) is 0. The molecule has 2 N–H and O–H groups in total. The van der Waals surface area contributed by atoms with E-state index in [2.05, 4.69) is 5.32 Å². The summed E-state index contributed by atoms with van der Waals surface area (Å²) in [5, 5.41) is 14.3. The molecule has 0 bridgehead atoms. The lowest BCUT2D eigenvalue weighted by atomic mass is 9.97. The molecule has 0 saturated heterocycles. The number of hydrogen-bond donors (Lipinski definition) is 2. The van der Waals surface area contributed by atoms with Crippen molar-refractivity contribution in [2.75, 3.05) is 6.54 Å². The molecule has 2 aromatic carbocycles. The van der Waals surface area contributed by atoms with Crippen molar-refractivity contribution in [3.05, 3.63) is 48.0 Å². The number of hydrogen-bond acceptors (Lipinski definition) is 2. The first-order valence-corrected chi connectivity index (χ1v) is 7.57. The van der Waals surface area contributed by atoms with Gasteiger partial charge in [-0.15, -0.1) is 0 Å². The molecule has 0 aliphatic heterocycles. The van der Waals surface area contributed by atoms with Gasteiger partial charge in [0.05, 0.1) is 5.92 Å². The maximum absolute atomic E-state index is 11.5. The van der Waals surface area contributed by atoms with Crippen molar-refractivity contribution in [2.24, 2.45) is 5.92 Å². The summed E-state index contributed by atoms with van der Waals surface area (Å²) >= 11 is 0. The molecule has 0 heterocycles. The maximum atomic E-state index is 11.5. The molecule has 0 saturated carbocycles. The molecule has 0 aromatic heterocycles. The molecule has 2 rings (SSSR count). The van der Waals surface area contributed by atoms with Crippen molar-refractivity contribution in [3.8, 4) is 0 Å². The van der Waals surface area contributed by atoms with Crippen molar-refractivity contribution in [1.82, 2.24) is 5.32 Å². The van der Waals surface area contributed by atoms with E-state index in [4.69, 9.17) is 0 Å². The monoisotopic (exact) mass is 299 g/mol. The van der Waals surface area contributed by atoms with Gasteiger partial charge in [-0.1, -0.05) is 49.4 Å². The van der Waals surface area contributed by atoms with E-state index in [0.717, 1.165) is 22.8 Å². The first-order chi connectivity index (χ1) is 10.6. The molecule has 4 heteroatoms. The molecule has 1 atom stereocenters. The van der Waals surface area contributed by atoms with Crippen LogP contribution in [0.4, 0.5) is 0 Å². The van der Waals surface area contributed by atoms with E-state index in [9.17, 15) is 14.7 Å². The van der Waals surface area contributed by atoms with E-state index in [1.807, 2.05) is 49.4 Å². The lowest BCUT2D eigenvalue weighted by Gasteiger charge is -2.14. The van der Waals surface area contributed by atoms with E-state index < -0.39 is 11.9 Å². The van der Waals surface area contributed by atoms with Gasteiger partial charge in [0.25, 0.3) is 0 Å². The fraction of sp³-hybridized carbons (Fsp3) is 0.333. The molecule has 0 aliphatic carbocycles. The van der Waals surface area contributed by atoms with Crippen molar-refractivity contribution in [2.45, 2.75) is 26.2 Å². The zero-order valence-corrected chi connectivity index (χ0v) is 12.7. The van der Waals surface area contributed by atoms with Gasteiger partial charge in [0.1, 0.15) is 0 Å². The van der Waals surface area contributed by atoms with Gasteiger partial charge in [0, 0.05) is 13.0 Å². The van der Waals surface area contributed by atoms with E-state index in [1.54, 1.807) is 0 Å². The standard InChI is InChI=1S/C18H21NO3/c1-2-5-17(20)19-12-16(18(21)22)11-13-8-9-14-6-3-4-7-15(14)10-13/h3-4,6-10,16H,2,5,11-12H2,1H3,(H,19,20)(H,21,22). The Morgan fingerprint density at radius 2 is 1.86 bits per heavy atom. The predicted molar refractivity (Wildman–Crippen MR) is 86.7 cm³/mol. The topological polar surface area (TPSA) is 66.4 Å². The molecule has 22 heavy (non-hydrogen) atoms. The minimum absolute atomic E-state index is 0.0905. The van der Waals surface area contributed by atoms with E-state index >= 15 is 0 Å². The summed E-state index contributed by atoms with van der Waals surface area (Å²) in [5.41, 5.74) is 0.968. The highest BCUT2D eigenvalue weighted by Gasteiger charge is 2.19. The second kappa shape index (κ2) is 7.59. The number of carboxylic acids is 1. The van der Waals surface area contributed by atoms with Gasteiger partial charge >= 0.3 is 5.97 Å². The van der Waals surface area contributed by atoms with Crippen molar-refractivity contribution in [3.63, 3.8) is 0 Å². The smallest absolute Gasteiger partial charge is 0.308 e. The first-order valence-electron chi connectivity index (χ1n) is 7.57. The lowest BCUT2D eigenvalue weighted by Crippen LogP contribution is -2.33. The number of carboxylic acid groups (broad SMARTS) is 1. The Morgan fingerprint density at radius 3 is 2.55 bits per heavy atom. The van der Waals surface area contributed by atoms with Crippen LogP contribution in [-0.4, -0.2) is 23.5 Å². The number of benzene rings is 2. The normalized spacial score (nSPS) is 12.0. The van der Waals surface area contributed by atoms with E-state index in [0.29, 0.717) is 12.8 Å². The van der Waals surface area contributed by atoms with Crippen LogP contribution in [0.5, 0.6) is 0 Å². The average molecular weight is 299 g/mol. The highest BCUT2D eigenvalue weighted by Crippen LogP contribution is 2.18. The molecule has 0 aliphatic rings. The summed E-state index contributed by atoms with van der Waals surface area (Å²) in [6, 6.07) is 13.9. The molecular weight excluding hydrogens is 278 g/mol. The van der Waals surface area contributed by atoms with Gasteiger partial charge in [-0.25, -0.2) is 0 Å². The molecular formula is C18H21NO3. The Labute approximate surface area is 130 Å². The highest BCUT2D eigenvalue weighted by molar-refractivity contribution is 5.83. The second-order valence-electron chi connectivity index (χ2n) is 5.47. The van der Waals surface area contributed by atoms with Crippen molar-refractivity contribution in [1.29, 1.82) is 0 Å². The number of nitrogens with one attached hydrogen (secondary N) is 1. The minimum Gasteiger partial charge on any atom is -0.481 e. The second-order valence-corrected chi connectivity index (χ2v) is 5.47. The van der Waals surface area contributed by atoms with Crippen LogP contribution in [0, 0.1) is 5.92 Å². The Bertz CT molecular complexity index is 666.